The van der Waals surface area contributed by atoms with Gasteiger partial charge >= 0.3 is 0 Å². The standard InChI is InChI=1S/C19H21N3O/c23-16-8-4-7-15(11-16)19-17-13-22(10-9-18(17)20-21-19)12-14-5-2-1-3-6-14/h1-8,11,17,19,21,23H,9-10,12-13H2. The van der Waals surface area contributed by atoms with Crippen molar-refractivity contribution in [2.45, 2.75) is 19.0 Å². The van der Waals surface area contributed by atoms with E-state index in [0.717, 1.165) is 31.6 Å². The van der Waals surface area contributed by atoms with Crippen molar-refractivity contribution in [3.8, 4) is 5.75 Å². The van der Waals surface area contributed by atoms with Crippen LogP contribution in [-0.2, 0) is 6.54 Å². The maximum absolute atomic E-state index is 9.74. The van der Waals surface area contributed by atoms with Gasteiger partial charge in [-0.3, -0.25) is 4.90 Å². The number of rotatable bonds is 3. The molecule has 118 valence electrons. The van der Waals surface area contributed by atoms with E-state index in [2.05, 4.69) is 51.8 Å². The molecule has 2 atom stereocenters. The van der Waals surface area contributed by atoms with E-state index in [4.69, 9.17) is 0 Å². The van der Waals surface area contributed by atoms with Gasteiger partial charge in [0.2, 0.25) is 0 Å². The highest BCUT2D eigenvalue weighted by molar-refractivity contribution is 5.89. The van der Waals surface area contributed by atoms with Gasteiger partial charge in [-0.05, 0) is 23.3 Å². The molecular weight excluding hydrogens is 286 g/mol. The van der Waals surface area contributed by atoms with Crippen LogP contribution in [0.2, 0.25) is 0 Å². The molecule has 2 N–H and O–H groups in total. The Labute approximate surface area is 136 Å². The molecule has 0 bridgehead atoms. The van der Waals surface area contributed by atoms with Crippen LogP contribution in [-0.4, -0.2) is 28.8 Å². The van der Waals surface area contributed by atoms with E-state index >= 15 is 0 Å². The number of benzene rings is 2. The average molecular weight is 307 g/mol. The van der Waals surface area contributed by atoms with Crippen LogP contribution < -0.4 is 5.43 Å². The van der Waals surface area contributed by atoms with Crippen molar-refractivity contribution >= 4 is 5.71 Å². The SMILES string of the molecule is Oc1cccc(C2NN=C3CCN(Cc4ccccc4)CC32)c1. The van der Waals surface area contributed by atoms with Gasteiger partial charge in [0, 0.05) is 37.7 Å². The zero-order chi connectivity index (χ0) is 15.6. The van der Waals surface area contributed by atoms with Crippen molar-refractivity contribution in [1.29, 1.82) is 0 Å². The van der Waals surface area contributed by atoms with Crippen LogP contribution in [0.1, 0.15) is 23.6 Å². The second-order valence-corrected chi connectivity index (χ2v) is 6.38. The first-order valence-corrected chi connectivity index (χ1v) is 8.17. The molecular formula is C19H21N3O. The Morgan fingerprint density at radius 3 is 2.83 bits per heavy atom. The number of hydrogen-bond donors (Lipinski definition) is 2. The molecule has 2 aromatic carbocycles. The molecule has 4 heteroatoms. The lowest BCUT2D eigenvalue weighted by Gasteiger charge is -2.33. The third kappa shape index (κ3) is 2.94. The number of hydrazone groups is 1. The van der Waals surface area contributed by atoms with Crippen LogP contribution in [0.4, 0.5) is 0 Å². The van der Waals surface area contributed by atoms with Crippen LogP contribution in [0.5, 0.6) is 5.75 Å². The molecule has 2 aliphatic rings. The second kappa shape index (κ2) is 6.05. The summed E-state index contributed by atoms with van der Waals surface area (Å²) in [6.45, 7) is 3.04. The summed E-state index contributed by atoms with van der Waals surface area (Å²) < 4.78 is 0. The van der Waals surface area contributed by atoms with Crippen LogP contribution >= 0.6 is 0 Å². The van der Waals surface area contributed by atoms with Crippen molar-refractivity contribution < 1.29 is 5.11 Å². The highest BCUT2D eigenvalue weighted by Gasteiger charge is 2.36. The van der Waals surface area contributed by atoms with Gasteiger partial charge in [0.25, 0.3) is 0 Å². The zero-order valence-corrected chi connectivity index (χ0v) is 13.0. The van der Waals surface area contributed by atoms with Gasteiger partial charge in [0.05, 0.1) is 6.04 Å². The van der Waals surface area contributed by atoms with Gasteiger partial charge in [-0.25, -0.2) is 0 Å². The van der Waals surface area contributed by atoms with Gasteiger partial charge in [0.1, 0.15) is 5.75 Å². The number of aromatic hydroxyl groups is 1. The fraction of sp³-hybridized carbons (Fsp3) is 0.316. The molecule has 0 saturated carbocycles. The van der Waals surface area contributed by atoms with E-state index in [1.165, 1.54) is 11.3 Å². The molecule has 2 heterocycles. The maximum atomic E-state index is 9.74. The first-order valence-electron chi connectivity index (χ1n) is 8.17. The molecule has 23 heavy (non-hydrogen) atoms. The number of piperidine rings is 1. The summed E-state index contributed by atoms with van der Waals surface area (Å²) in [5, 5.41) is 14.3. The van der Waals surface area contributed by atoms with E-state index in [1.807, 2.05) is 12.1 Å². The molecule has 2 aliphatic heterocycles. The first kappa shape index (κ1) is 14.3. The highest BCUT2D eigenvalue weighted by Crippen LogP contribution is 2.33. The molecule has 4 nitrogen and oxygen atoms in total. The third-order valence-corrected chi connectivity index (χ3v) is 4.80. The van der Waals surface area contributed by atoms with Crippen LogP contribution in [0.3, 0.4) is 0 Å². The Bertz CT molecular complexity index is 714. The van der Waals surface area contributed by atoms with Gasteiger partial charge in [-0.15, -0.1) is 0 Å². The lowest BCUT2D eigenvalue weighted by Crippen LogP contribution is -2.41. The summed E-state index contributed by atoms with van der Waals surface area (Å²) in [5.74, 6) is 0.698. The van der Waals surface area contributed by atoms with E-state index in [-0.39, 0.29) is 6.04 Å². The van der Waals surface area contributed by atoms with Crippen molar-refractivity contribution in [2.75, 3.05) is 13.1 Å². The molecule has 1 fully saturated rings. The zero-order valence-electron chi connectivity index (χ0n) is 13.0. The van der Waals surface area contributed by atoms with Gasteiger partial charge in [-0.2, -0.15) is 5.10 Å². The van der Waals surface area contributed by atoms with E-state index < -0.39 is 0 Å². The molecule has 2 aromatic rings. The molecule has 2 unspecified atom stereocenters. The summed E-state index contributed by atoms with van der Waals surface area (Å²) in [5.41, 5.74) is 7.00. The minimum Gasteiger partial charge on any atom is -0.508 e. The Hall–Kier alpha value is -2.33. The number of hydrogen-bond acceptors (Lipinski definition) is 4. The first-order chi connectivity index (χ1) is 11.3. The molecule has 4 rings (SSSR count). The molecule has 0 spiro atoms. The van der Waals surface area contributed by atoms with Crippen molar-refractivity contribution in [2.24, 2.45) is 11.0 Å². The Kier molecular flexibility index (Phi) is 3.75. The Balaban J connectivity index is 1.50. The quantitative estimate of drug-likeness (QED) is 0.916. The van der Waals surface area contributed by atoms with E-state index in [9.17, 15) is 5.11 Å². The summed E-state index contributed by atoms with van der Waals surface area (Å²) in [6, 6.07) is 18.3. The summed E-state index contributed by atoms with van der Waals surface area (Å²) in [6.07, 6.45) is 1.01. The monoisotopic (exact) mass is 307 g/mol. The number of phenols is 1. The minimum atomic E-state index is 0.163. The number of fused-ring (bicyclic) bond motifs is 1. The molecule has 0 amide bonds. The second-order valence-electron chi connectivity index (χ2n) is 6.38. The summed E-state index contributed by atoms with van der Waals surface area (Å²) in [4.78, 5) is 2.50. The predicted molar refractivity (Wildman–Crippen MR) is 91.2 cm³/mol. The third-order valence-electron chi connectivity index (χ3n) is 4.80. The smallest absolute Gasteiger partial charge is 0.115 e. The Morgan fingerprint density at radius 2 is 2.00 bits per heavy atom. The fourth-order valence-electron chi connectivity index (χ4n) is 3.62. The largest absolute Gasteiger partial charge is 0.508 e. The van der Waals surface area contributed by atoms with E-state index in [1.54, 1.807) is 6.07 Å². The van der Waals surface area contributed by atoms with Gasteiger partial charge in [-0.1, -0.05) is 42.5 Å². The topological polar surface area (TPSA) is 47.9 Å². The Morgan fingerprint density at radius 1 is 1.13 bits per heavy atom. The van der Waals surface area contributed by atoms with Crippen molar-refractivity contribution in [1.82, 2.24) is 10.3 Å². The lowest BCUT2D eigenvalue weighted by molar-refractivity contribution is 0.220. The van der Waals surface area contributed by atoms with Gasteiger partial charge < -0.3 is 10.5 Å². The van der Waals surface area contributed by atoms with Gasteiger partial charge in [0.15, 0.2) is 0 Å². The number of phenolic OH excluding ortho intramolecular Hbond substituents is 1. The van der Waals surface area contributed by atoms with Crippen LogP contribution in [0.15, 0.2) is 59.7 Å². The van der Waals surface area contributed by atoms with Crippen molar-refractivity contribution in [3.63, 3.8) is 0 Å². The summed E-state index contributed by atoms with van der Waals surface area (Å²) >= 11 is 0. The number of likely N-dealkylation sites (tertiary alicyclic amines) is 1. The highest BCUT2D eigenvalue weighted by atomic mass is 16.3. The fourth-order valence-corrected chi connectivity index (χ4v) is 3.62. The van der Waals surface area contributed by atoms with Crippen LogP contribution in [0, 0.1) is 5.92 Å². The van der Waals surface area contributed by atoms with Crippen LogP contribution in [0.25, 0.3) is 0 Å². The lowest BCUT2D eigenvalue weighted by atomic mass is 9.86. The van der Waals surface area contributed by atoms with Crippen molar-refractivity contribution in [3.05, 3.63) is 65.7 Å². The number of nitrogens with one attached hydrogen (secondary N) is 1. The molecule has 0 aromatic heterocycles. The summed E-state index contributed by atoms with van der Waals surface area (Å²) in [7, 11) is 0. The van der Waals surface area contributed by atoms with E-state index in [0.29, 0.717) is 11.7 Å². The normalized spacial score (nSPS) is 23.9. The molecule has 0 aliphatic carbocycles. The predicted octanol–water partition coefficient (Wildman–Crippen LogP) is 2.91. The molecule has 1 saturated heterocycles. The molecule has 0 radical (unpaired) electrons. The maximum Gasteiger partial charge on any atom is 0.115 e. The number of nitrogens with zero attached hydrogens (tertiary/aromatic N) is 2. The average Bonchev–Trinajstić information content (AvgIpc) is 2.99. The minimum absolute atomic E-state index is 0.163.